The average molecular weight is 343 g/mol. The summed E-state index contributed by atoms with van der Waals surface area (Å²) < 4.78 is 0. The number of aromatic amines is 1. The molecule has 0 saturated carbocycles. The Kier molecular flexibility index (Phi) is 4.26. The molecular weight excluding hydrogens is 320 g/mol. The van der Waals surface area contributed by atoms with Crippen molar-refractivity contribution in [3.63, 3.8) is 0 Å². The molecule has 26 heavy (non-hydrogen) atoms. The quantitative estimate of drug-likeness (QED) is 0.825. The number of rotatable bonds is 3. The van der Waals surface area contributed by atoms with Gasteiger partial charge in [0.05, 0.1) is 5.92 Å². The molecule has 0 spiro atoms. The Balaban J connectivity index is 1.85. The molecule has 4 rings (SSSR count). The number of aromatic nitrogens is 1. The fraction of sp³-hybridized carbons (Fsp3) is 0.450. The Morgan fingerprint density at radius 2 is 2.04 bits per heavy atom. The summed E-state index contributed by atoms with van der Waals surface area (Å²) in [7, 11) is 14.5. The first-order chi connectivity index (χ1) is 12.5. The molecule has 2 atom stereocenters. The van der Waals surface area contributed by atoms with Gasteiger partial charge >= 0.3 is 0 Å². The molecule has 1 aromatic carbocycles. The molecule has 1 aliphatic heterocycles. The van der Waals surface area contributed by atoms with E-state index in [0.717, 1.165) is 48.1 Å². The van der Waals surface area contributed by atoms with E-state index in [0.29, 0.717) is 11.1 Å². The second-order valence-corrected chi connectivity index (χ2v) is 7.37. The van der Waals surface area contributed by atoms with Crippen molar-refractivity contribution in [1.29, 1.82) is 0 Å². The van der Waals surface area contributed by atoms with Crippen LogP contribution in [0.25, 0.3) is 16.5 Å². The highest BCUT2D eigenvalue weighted by atomic mass is 16.2. The Labute approximate surface area is 157 Å². The molecule has 0 bridgehead atoms. The third-order valence-electron chi connectivity index (χ3n) is 5.98. The van der Waals surface area contributed by atoms with Crippen LogP contribution in [0.2, 0.25) is 0 Å². The third kappa shape index (κ3) is 2.46. The lowest BCUT2D eigenvalue weighted by molar-refractivity contribution is -0.134. The number of nitrogens with zero attached hydrogens (tertiary/aromatic N) is 2. The van der Waals surface area contributed by atoms with Crippen molar-refractivity contribution in [1.82, 2.24) is 14.8 Å². The third-order valence-corrected chi connectivity index (χ3v) is 5.98. The number of fused-ring (bicyclic) bond motifs is 2. The first kappa shape index (κ1) is 17.5. The van der Waals surface area contributed by atoms with Gasteiger partial charge in [0.15, 0.2) is 0 Å². The summed E-state index contributed by atoms with van der Waals surface area (Å²) >= 11 is 0. The number of carbonyl (C=O) groups is 1. The highest BCUT2D eigenvalue weighted by Crippen LogP contribution is 2.39. The van der Waals surface area contributed by atoms with Gasteiger partial charge < -0.3 is 9.88 Å². The van der Waals surface area contributed by atoms with Crippen LogP contribution in [0.1, 0.15) is 25.0 Å². The van der Waals surface area contributed by atoms with Crippen molar-refractivity contribution in [2.24, 2.45) is 5.92 Å². The molecule has 4 nitrogen and oxygen atoms in total. The van der Waals surface area contributed by atoms with E-state index in [1.54, 1.807) is 0 Å². The first-order valence-corrected chi connectivity index (χ1v) is 9.35. The van der Waals surface area contributed by atoms with E-state index >= 15 is 0 Å². The summed E-state index contributed by atoms with van der Waals surface area (Å²) in [5, 5.41) is 1.12. The van der Waals surface area contributed by atoms with Gasteiger partial charge in [-0.15, -0.1) is 0 Å². The highest BCUT2D eigenvalue weighted by molar-refractivity contribution is 6.41. The van der Waals surface area contributed by atoms with Gasteiger partial charge in [0, 0.05) is 36.6 Å². The van der Waals surface area contributed by atoms with Gasteiger partial charge in [0.25, 0.3) is 0 Å². The molecule has 1 aromatic heterocycles. The Hall–Kier alpha value is -1.94. The molecular formula is C20H23B2N3O. The van der Waals surface area contributed by atoms with Gasteiger partial charge in [-0.1, -0.05) is 23.7 Å². The maximum Gasteiger partial charge on any atom is 0.230 e. The molecule has 2 aromatic rings. The SMILES string of the molecule is [B]c1[nH]c2c([B])ccc3c2c1CC1C3=C[C@@H](C(=O)N(CC)CC)CN1C. The largest absolute Gasteiger partial charge is 0.368 e. The zero-order chi connectivity index (χ0) is 18.6. The number of hydrogen-bond acceptors (Lipinski definition) is 2. The minimum absolute atomic E-state index is 0.114. The fourth-order valence-electron chi connectivity index (χ4n) is 4.57. The van der Waals surface area contributed by atoms with Gasteiger partial charge in [0.1, 0.15) is 15.7 Å². The molecule has 4 radical (unpaired) electrons. The highest BCUT2D eigenvalue weighted by Gasteiger charge is 2.37. The normalized spacial score (nSPS) is 22.2. The molecule has 1 N–H and O–H groups in total. The van der Waals surface area contributed by atoms with E-state index in [1.165, 1.54) is 5.57 Å². The number of hydrogen-bond donors (Lipinski definition) is 1. The zero-order valence-electron chi connectivity index (χ0n) is 15.7. The van der Waals surface area contributed by atoms with E-state index in [9.17, 15) is 4.79 Å². The molecule has 0 fully saturated rings. The smallest absolute Gasteiger partial charge is 0.230 e. The van der Waals surface area contributed by atoms with Gasteiger partial charge in [-0.25, -0.2) is 0 Å². The molecule has 130 valence electrons. The van der Waals surface area contributed by atoms with Gasteiger partial charge in [-0.2, -0.15) is 0 Å². The summed E-state index contributed by atoms with van der Waals surface area (Å²) in [6.45, 7) is 6.28. The first-order valence-electron chi connectivity index (χ1n) is 9.35. The number of H-pyrrole nitrogens is 1. The number of carbonyl (C=O) groups excluding carboxylic acids is 1. The van der Waals surface area contributed by atoms with Gasteiger partial charge in [-0.3, -0.25) is 9.69 Å². The molecule has 1 aliphatic carbocycles. The molecule has 2 aliphatic rings. The van der Waals surface area contributed by atoms with Crippen LogP contribution in [0, 0.1) is 5.92 Å². The van der Waals surface area contributed by atoms with E-state index in [4.69, 9.17) is 15.7 Å². The van der Waals surface area contributed by atoms with E-state index in [1.807, 2.05) is 24.8 Å². The maximum absolute atomic E-state index is 12.9. The Bertz CT molecular complexity index is 913. The fourth-order valence-corrected chi connectivity index (χ4v) is 4.57. The predicted molar refractivity (Wildman–Crippen MR) is 109 cm³/mol. The Morgan fingerprint density at radius 3 is 2.73 bits per heavy atom. The predicted octanol–water partition coefficient (Wildman–Crippen LogP) is 0.494. The van der Waals surface area contributed by atoms with Crippen molar-refractivity contribution in [2.75, 3.05) is 26.7 Å². The number of nitrogens with one attached hydrogen (secondary N) is 1. The van der Waals surface area contributed by atoms with Gasteiger partial charge in [0.2, 0.25) is 5.91 Å². The minimum atomic E-state index is -0.114. The zero-order valence-corrected chi connectivity index (χ0v) is 15.7. The van der Waals surface area contributed by atoms with Crippen molar-refractivity contribution in [3.8, 4) is 0 Å². The summed E-state index contributed by atoms with van der Waals surface area (Å²) in [6, 6.07) is 4.24. The maximum atomic E-state index is 12.9. The van der Waals surface area contributed by atoms with E-state index < -0.39 is 0 Å². The summed E-state index contributed by atoms with van der Waals surface area (Å²) in [4.78, 5) is 20.4. The van der Waals surface area contributed by atoms with Crippen LogP contribution in [-0.4, -0.2) is 69.1 Å². The van der Waals surface area contributed by atoms with Crippen LogP contribution in [0.4, 0.5) is 0 Å². The summed E-state index contributed by atoms with van der Waals surface area (Å²) in [5.74, 6) is 0.0930. The Morgan fingerprint density at radius 1 is 1.31 bits per heavy atom. The number of benzene rings is 1. The molecule has 0 saturated heterocycles. The lowest BCUT2D eigenvalue weighted by Gasteiger charge is -2.40. The summed E-state index contributed by atoms with van der Waals surface area (Å²) in [6.07, 6.45) is 3.03. The van der Waals surface area contributed by atoms with Crippen LogP contribution in [0.3, 0.4) is 0 Å². The van der Waals surface area contributed by atoms with E-state index in [-0.39, 0.29) is 17.9 Å². The van der Waals surface area contributed by atoms with Crippen LogP contribution in [-0.2, 0) is 11.2 Å². The molecule has 6 heteroatoms. The van der Waals surface area contributed by atoms with Crippen molar-refractivity contribution < 1.29 is 4.79 Å². The second-order valence-electron chi connectivity index (χ2n) is 7.37. The van der Waals surface area contributed by atoms with Gasteiger partial charge in [-0.05, 0) is 49.6 Å². The lowest BCUT2D eigenvalue weighted by atomic mass is 9.76. The van der Waals surface area contributed by atoms with Crippen LogP contribution < -0.4 is 11.1 Å². The average Bonchev–Trinajstić information content (AvgIpc) is 2.97. The molecule has 2 heterocycles. The number of amides is 1. The van der Waals surface area contributed by atoms with Crippen LogP contribution >= 0.6 is 0 Å². The van der Waals surface area contributed by atoms with Crippen molar-refractivity contribution >= 4 is 49.1 Å². The second kappa shape index (κ2) is 6.34. The molecule has 1 unspecified atom stereocenters. The van der Waals surface area contributed by atoms with Crippen molar-refractivity contribution in [3.05, 3.63) is 29.3 Å². The summed E-state index contributed by atoms with van der Waals surface area (Å²) in [5.41, 5.74) is 5.84. The number of likely N-dealkylation sites (N-methyl/N-ethyl adjacent to an activating group) is 1. The van der Waals surface area contributed by atoms with Crippen molar-refractivity contribution in [2.45, 2.75) is 26.3 Å². The molecule has 1 amide bonds. The lowest BCUT2D eigenvalue weighted by Crippen LogP contribution is -2.48. The standard InChI is InChI=1S/C20H23B2N3O/c1-4-25(5-2)20(26)11-8-13-12-6-7-15(21)18-17(12)14(19(22)23-18)9-16(13)24(3)10-11/h6-8,11,16,23H,4-5,9-10H2,1-3H3/t11-,16?/m1/s1. The van der Waals surface area contributed by atoms with E-state index in [2.05, 4.69) is 29.1 Å². The topological polar surface area (TPSA) is 39.3 Å². The minimum Gasteiger partial charge on any atom is -0.368 e. The van der Waals surface area contributed by atoms with Crippen LogP contribution in [0.5, 0.6) is 0 Å². The van der Waals surface area contributed by atoms with Crippen LogP contribution in [0.15, 0.2) is 18.2 Å². The monoisotopic (exact) mass is 343 g/mol.